The van der Waals surface area contributed by atoms with Gasteiger partial charge in [0.15, 0.2) is 0 Å². The molecule has 0 spiro atoms. The Morgan fingerprint density at radius 3 is 2.61 bits per heavy atom. The van der Waals surface area contributed by atoms with Crippen molar-refractivity contribution in [2.24, 2.45) is 0 Å². The Labute approximate surface area is 182 Å². The average Bonchev–Trinajstić information content (AvgIpc) is 3.30. The van der Waals surface area contributed by atoms with Crippen molar-refractivity contribution >= 4 is 26.8 Å². The summed E-state index contributed by atoms with van der Waals surface area (Å²) in [6.45, 7) is 5.48. The summed E-state index contributed by atoms with van der Waals surface area (Å²) in [6.07, 6.45) is 5.28. The number of aromatic amines is 1. The third-order valence-corrected chi connectivity index (χ3v) is 8.28. The van der Waals surface area contributed by atoms with Gasteiger partial charge in [0, 0.05) is 49.2 Å². The van der Waals surface area contributed by atoms with E-state index in [4.69, 9.17) is 0 Å². The van der Waals surface area contributed by atoms with Crippen LogP contribution in [0.1, 0.15) is 49.4 Å². The summed E-state index contributed by atoms with van der Waals surface area (Å²) in [7, 11) is -3.62. The van der Waals surface area contributed by atoms with Crippen LogP contribution in [-0.2, 0) is 10.0 Å². The van der Waals surface area contributed by atoms with Gasteiger partial charge < -0.3 is 10.3 Å². The molecule has 0 bridgehead atoms. The molecule has 9 heteroatoms. The molecule has 2 aromatic rings. The number of amides is 1. The van der Waals surface area contributed by atoms with Crippen molar-refractivity contribution in [2.45, 2.75) is 50.0 Å². The number of nitrogens with one attached hydrogen (secondary N) is 2. The van der Waals surface area contributed by atoms with E-state index in [9.17, 15) is 18.0 Å². The number of carbonyl (C=O) groups excluding carboxylic acids is 1. The van der Waals surface area contributed by atoms with Crippen LogP contribution in [0.5, 0.6) is 0 Å². The first-order valence-corrected chi connectivity index (χ1v) is 12.5. The summed E-state index contributed by atoms with van der Waals surface area (Å²) in [5.74, 6) is -0.364. The van der Waals surface area contributed by atoms with Crippen molar-refractivity contribution in [3.05, 3.63) is 40.2 Å². The summed E-state index contributed by atoms with van der Waals surface area (Å²) in [5, 5.41) is 3.34. The minimum absolute atomic E-state index is 0.144. The highest BCUT2D eigenvalue weighted by Crippen LogP contribution is 2.25. The first-order chi connectivity index (χ1) is 14.9. The number of fused-ring (bicyclic) bond motifs is 1. The molecule has 1 aromatic carbocycles. The Hall–Kier alpha value is -2.23. The molecule has 31 heavy (non-hydrogen) atoms. The fraction of sp³-hybridized carbons (Fsp3) is 0.545. The molecule has 0 saturated carbocycles. The molecular formula is C22H30N4O4S. The topological polar surface area (TPSA) is 103 Å². The van der Waals surface area contributed by atoms with Gasteiger partial charge >= 0.3 is 0 Å². The van der Waals surface area contributed by atoms with Crippen molar-refractivity contribution < 1.29 is 13.2 Å². The molecule has 1 aromatic heterocycles. The number of piperidine rings is 1. The highest BCUT2D eigenvalue weighted by Gasteiger charge is 2.28. The van der Waals surface area contributed by atoms with Crippen LogP contribution >= 0.6 is 0 Å². The predicted octanol–water partition coefficient (Wildman–Crippen LogP) is 1.92. The molecule has 2 aliphatic heterocycles. The third-order valence-electron chi connectivity index (χ3n) is 6.39. The largest absolute Gasteiger partial charge is 0.351 e. The van der Waals surface area contributed by atoms with Gasteiger partial charge in [0.2, 0.25) is 15.6 Å². The SMILES string of the molecule is CC1CCCCN1CCNC(=O)c1cc(=O)[nH]c2ccc(S(=O)(=O)N3CCCC3)cc12. The van der Waals surface area contributed by atoms with E-state index in [1.807, 2.05) is 0 Å². The van der Waals surface area contributed by atoms with E-state index in [0.717, 1.165) is 25.9 Å². The van der Waals surface area contributed by atoms with Gasteiger partial charge in [-0.05, 0) is 57.4 Å². The van der Waals surface area contributed by atoms with E-state index in [1.54, 1.807) is 6.07 Å². The molecule has 0 aliphatic carbocycles. The number of sulfonamides is 1. The molecule has 4 rings (SSSR count). The van der Waals surface area contributed by atoms with Crippen LogP contribution in [0, 0.1) is 0 Å². The number of pyridine rings is 1. The van der Waals surface area contributed by atoms with Gasteiger partial charge in [0.05, 0.1) is 10.5 Å². The van der Waals surface area contributed by atoms with E-state index in [-0.39, 0.29) is 16.4 Å². The Morgan fingerprint density at radius 2 is 1.87 bits per heavy atom. The third kappa shape index (κ3) is 4.68. The van der Waals surface area contributed by atoms with Gasteiger partial charge in [0.25, 0.3) is 5.91 Å². The number of benzene rings is 1. The molecule has 2 N–H and O–H groups in total. The van der Waals surface area contributed by atoms with E-state index in [1.165, 1.54) is 41.8 Å². The molecule has 2 fully saturated rings. The van der Waals surface area contributed by atoms with E-state index >= 15 is 0 Å². The second-order valence-electron chi connectivity index (χ2n) is 8.50. The maximum atomic E-state index is 13.0. The monoisotopic (exact) mass is 446 g/mol. The maximum Gasteiger partial charge on any atom is 0.252 e. The molecule has 1 amide bonds. The summed E-state index contributed by atoms with van der Waals surface area (Å²) in [4.78, 5) is 30.2. The Bertz CT molecular complexity index is 1120. The highest BCUT2D eigenvalue weighted by molar-refractivity contribution is 7.89. The van der Waals surface area contributed by atoms with Gasteiger partial charge in [-0.15, -0.1) is 0 Å². The second kappa shape index (κ2) is 9.10. The summed E-state index contributed by atoms with van der Waals surface area (Å²) in [5.41, 5.74) is 0.254. The fourth-order valence-corrected chi connectivity index (χ4v) is 6.10. The van der Waals surface area contributed by atoms with Gasteiger partial charge in [-0.2, -0.15) is 4.31 Å². The molecule has 0 radical (unpaired) electrons. The van der Waals surface area contributed by atoms with Gasteiger partial charge in [-0.3, -0.25) is 14.5 Å². The Balaban J connectivity index is 1.57. The van der Waals surface area contributed by atoms with Gasteiger partial charge in [0.1, 0.15) is 0 Å². The average molecular weight is 447 g/mol. The lowest BCUT2D eigenvalue weighted by Gasteiger charge is -2.33. The molecule has 3 heterocycles. The number of rotatable bonds is 6. The molecule has 1 atom stereocenters. The number of aromatic nitrogens is 1. The zero-order valence-corrected chi connectivity index (χ0v) is 18.7. The number of nitrogens with zero attached hydrogens (tertiary/aromatic N) is 2. The summed E-state index contributed by atoms with van der Waals surface area (Å²) >= 11 is 0. The zero-order valence-electron chi connectivity index (χ0n) is 17.9. The van der Waals surface area contributed by atoms with Crippen LogP contribution in [0.15, 0.2) is 34.0 Å². The summed E-state index contributed by atoms with van der Waals surface area (Å²) in [6, 6.07) is 6.30. The lowest BCUT2D eigenvalue weighted by Crippen LogP contribution is -2.42. The van der Waals surface area contributed by atoms with Crippen molar-refractivity contribution in [3.63, 3.8) is 0 Å². The van der Waals surface area contributed by atoms with Crippen molar-refractivity contribution in [1.82, 2.24) is 19.5 Å². The van der Waals surface area contributed by atoms with Crippen LogP contribution in [0.4, 0.5) is 0 Å². The highest BCUT2D eigenvalue weighted by atomic mass is 32.2. The number of carbonyl (C=O) groups is 1. The van der Waals surface area contributed by atoms with Crippen molar-refractivity contribution in [2.75, 3.05) is 32.7 Å². The van der Waals surface area contributed by atoms with Crippen LogP contribution in [0.25, 0.3) is 10.9 Å². The van der Waals surface area contributed by atoms with E-state index < -0.39 is 15.6 Å². The summed E-state index contributed by atoms with van der Waals surface area (Å²) < 4.78 is 27.4. The molecule has 2 saturated heterocycles. The number of hydrogen-bond donors (Lipinski definition) is 2. The lowest BCUT2D eigenvalue weighted by molar-refractivity contribution is 0.0940. The van der Waals surface area contributed by atoms with Crippen LogP contribution in [-0.4, -0.2) is 67.3 Å². The minimum atomic E-state index is -3.62. The molecule has 8 nitrogen and oxygen atoms in total. The Kier molecular flexibility index (Phi) is 6.45. The van der Waals surface area contributed by atoms with Gasteiger partial charge in [-0.25, -0.2) is 8.42 Å². The molecule has 1 unspecified atom stereocenters. The lowest BCUT2D eigenvalue weighted by atomic mass is 10.0. The smallest absolute Gasteiger partial charge is 0.252 e. The number of hydrogen-bond acceptors (Lipinski definition) is 5. The Morgan fingerprint density at radius 1 is 1.13 bits per heavy atom. The minimum Gasteiger partial charge on any atom is -0.351 e. The normalized spacial score (nSPS) is 20.9. The van der Waals surface area contributed by atoms with Crippen LogP contribution in [0.3, 0.4) is 0 Å². The van der Waals surface area contributed by atoms with Crippen molar-refractivity contribution in [1.29, 1.82) is 0 Å². The standard InChI is InChI=1S/C22H30N4O4S/c1-16-6-2-3-10-25(16)13-9-23-22(28)19-15-21(27)24-20-8-7-17(14-18(19)20)31(29,30)26-11-4-5-12-26/h7-8,14-16H,2-6,9-13H2,1H3,(H,23,28)(H,24,27). The second-order valence-corrected chi connectivity index (χ2v) is 10.4. The predicted molar refractivity (Wildman–Crippen MR) is 120 cm³/mol. The zero-order chi connectivity index (χ0) is 22.0. The van der Waals surface area contributed by atoms with Gasteiger partial charge in [-0.1, -0.05) is 6.42 Å². The van der Waals surface area contributed by atoms with Crippen molar-refractivity contribution in [3.8, 4) is 0 Å². The first kappa shape index (κ1) is 22.0. The molecule has 2 aliphatic rings. The molecular weight excluding hydrogens is 416 g/mol. The first-order valence-electron chi connectivity index (χ1n) is 11.1. The van der Waals surface area contributed by atoms with Crippen LogP contribution in [0.2, 0.25) is 0 Å². The van der Waals surface area contributed by atoms with E-state index in [0.29, 0.717) is 36.6 Å². The number of likely N-dealkylation sites (tertiary alicyclic amines) is 1. The number of H-pyrrole nitrogens is 1. The van der Waals surface area contributed by atoms with Crippen LogP contribution < -0.4 is 10.9 Å². The maximum absolute atomic E-state index is 13.0. The quantitative estimate of drug-likeness (QED) is 0.706. The fourth-order valence-electron chi connectivity index (χ4n) is 4.56. The molecule has 168 valence electrons. The van der Waals surface area contributed by atoms with E-state index in [2.05, 4.69) is 22.1 Å².